The third kappa shape index (κ3) is 4.87. The predicted octanol–water partition coefficient (Wildman–Crippen LogP) is 2.27. The largest absolute Gasteiger partial charge is 0.449 e. The van der Waals surface area contributed by atoms with Gasteiger partial charge in [-0.2, -0.15) is 0 Å². The van der Waals surface area contributed by atoms with E-state index in [1.807, 2.05) is 4.90 Å². The molecule has 1 aromatic carbocycles. The van der Waals surface area contributed by atoms with E-state index in [-0.39, 0.29) is 22.4 Å². The highest BCUT2D eigenvalue weighted by Gasteiger charge is 2.30. The van der Waals surface area contributed by atoms with Gasteiger partial charge in [0.25, 0.3) is 5.91 Å². The molecule has 8 heteroatoms. The number of amides is 1. The lowest BCUT2D eigenvalue weighted by Crippen LogP contribution is -2.48. The van der Waals surface area contributed by atoms with E-state index >= 15 is 0 Å². The maximum Gasteiger partial charge on any atom is 0.338 e. The summed E-state index contributed by atoms with van der Waals surface area (Å²) in [6.45, 7) is 4.32. The summed E-state index contributed by atoms with van der Waals surface area (Å²) < 4.78 is 30.6. The zero-order valence-electron chi connectivity index (χ0n) is 16.3. The van der Waals surface area contributed by atoms with Crippen LogP contribution in [-0.2, 0) is 19.6 Å². The van der Waals surface area contributed by atoms with E-state index in [4.69, 9.17) is 4.74 Å². The van der Waals surface area contributed by atoms with Gasteiger partial charge in [0.1, 0.15) is 0 Å². The molecule has 1 aliphatic heterocycles. The molecule has 7 nitrogen and oxygen atoms in total. The zero-order chi connectivity index (χ0) is 20.2. The van der Waals surface area contributed by atoms with E-state index in [0.29, 0.717) is 6.54 Å². The molecule has 0 aromatic heterocycles. The van der Waals surface area contributed by atoms with Crippen LogP contribution in [0.1, 0.15) is 49.9 Å². The van der Waals surface area contributed by atoms with E-state index in [9.17, 15) is 18.0 Å². The molecule has 1 aliphatic rings. The highest BCUT2D eigenvalue weighted by Crippen LogP contribution is 2.21. The van der Waals surface area contributed by atoms with Gasteiger partial charge < -0.3 is 9.64 Å². The fraction of sp³-hybridized carbons (Fsp3) is 0.579. The number of rotatable bonds is 6. The van der Waals surface area contributed by atoms with E-state index < -0.39 is 22.1 Å². The molecule has 0 saturated carbocycles. The standard InChI is InChI=1S/C19H28N2O5S/c1-5-16-8-6-7-13-21(16)18(22)14(2)26-19(23)15-9-11-17(12-10-15)27(24,25)20(3)4/h9-12,14,16H,5-8,13H2,1-4H3. The van der Waals surface area contributed by atoms with Crippen molar-refractivity contribution < 1.29 is 22.7 Å². The second-order valence-electron chi connectivity index (χ2n) is 6.95. The highest BCUT2D eigenvalue weighted by atomic mass is 32.2. The third-order valence-electron chi connectivity index (χ3n) is 4.88. The maximum absolute atomic E-state index is 12.7. The molecule has 2 atom stereocenters. The number of esters is 1. The van der Waals surface area contributed by atoms with Crippen LogP contribution in [0.15, 0.2) is 29.2 Å². The number of piperidine rings is 1. The monoisotopic (exact) mass is 396 g/mol. The Morgan fingerprint density at radius 2 is 1.85 bits per heavy atom. The minimum Gasteiger partial charge on any atom is -0.449 e. The van der Waals surface area contributed by atoms with E-state index in [1.54, 1.807) is 6.92 Å². The number of hydrogen-bond acceptors (Lipinski definition) is 5. The molecular formula is C19H28N2O5S. The number of carbonyl (C=O) groups is 2. The molecule has 0 spiro atoms. The number of carbonyl (C=O) groups excluding carboxylic acids is 2. The van der Waals surface area contributed by atoms with Crippen molar-refractivity contribution in [3.8, 4) is 0 Å². The topological polar surface area (TPSA) is 84.0 Å². The molecule has 2 rings (SSSR count). The zero-order valence-corrected chi connectivity index (χ0v) is 17.2. The van der Waals surface area contributed by atoms with Crippen LogP contribution >= 0.6 is 0 Å². The Labute approximate surface area is 161 Å². The van der Waals surface area contributed by atoms with Crippen LogP contribution in [0.4, 0.5) is 0 Å². The summed E-state index contributed by atoms with van der Waals surface area (Å²) in [4.78, 5) is 26.9. The summed E-state index contributed by atoms with van der Waals surface area (Å²) in [5.41, 5.74) is 0.207. The molecule has 150 valence electrons. The van der Waals surface area contributed by atoms with Gasteiger partial charge in [-0.3, -0.25) is 4.79 Å². The first-order valence-corrected chi connectivity index (χ1v) is 10.7. The van der Waals surface area contributed by atoms with Gasteiger partial charge in [0.2, 0.25) is 10.0 Å². The molecule has 0 radical (unpaired) electrons. The van der Waals surface area contributed by atoms with E-state index in [1.165, 1.54) is 38.4 Å². The second-order valence-corrected chi connectivity index (χ2v) is 9.10. The van der Waals surface area contributed by atoms with E-state index in [0.717, 1.165) is 30.0 Å². The number of benzene rings is 1. The van der Waals surface area contributed by atoms with Gasteiger partial charge in [-0.05, 0) is 56.9 Å². The number of ether oxygens (including phenoxy) is 1. The van der Waals surface area contributed by atoms with Crippen molar-refractivity contribution in [1.29, 1.82) is 0 Å². The Morgan fingerprint density at radius 3 is 2.41 bits per heavy atom. The average molecular weight is 397 g/mol. The van der Waals surface area contributed by atoms with Crippen LogP contribution in [0, 0.1) is 0 Å². The van der Waals surface area contributed by atoms with Gasteiger partial charge in [-0.25, -0.2) is 17.5 Å². The van der Waals surface area contributed by atoms with Crippen molar-refractivity contribution >= 4 is 21.9 Å². The van der Waals surface area contributed by atoms with Gasteiger partial charge >= 0.3 is 5.97 Å². The lowest BCUT2D eigenvalue weighted by atomic mass is 9.99. The van der Waals surface area contributed by atoms with Crippen molar-refractivity contribution in [2.24, 2.45) is 0 Å². The van der Waals surface area contributed by atoms with Crippen LogP contribution in [0.25, 0.3) is 0 Å². The lowest BCUT2D eigenvalue weighted by molar-refractivity contribution is -0.143. The highest BCUT2D eigenvalue weighted by molar-refractivity contribution is 7.89. The van der Waals surface area contributed by atoms with Crippen molar-refractivity contribution in [3.05, 3.63) is 29.8 Å². The van der Waals surface area contributed by atoms with Crippen LogP contribution in [0.5, 0.6) is 0 Å². The smallest absolute Gasteiger partial charge is 0.338 e. The van der Waals surface area contributed by atoms with Gasteiger partial charge in [0.15, 0.2) is 6.10 Å². The Hall–Kier alpha value is -1.93. The molecule has 2 unspecified atom stereocenters. The number of sulfonamides is 1. The molecule has 1 heterocycles. The minimum atomic E-state index is -3.56. The number of nitrogens with zero attached hydrogens (tertiary/aromatic N) is 2. The summed E-state index contributed by atoms with van der Waals surface area (Å²) in [6.07, 6.45) is 3.05. The lowest BCUT2D eigenvalue weighted by Gasteiger charge is -2.36. The predicted molar refractivity (Wildman–Crippen MR) is 102 cm³/mol. The quantitative estimate of drug-likeness (QED) is 0.689. The molecular weight excluding hydrogens is 368 g/mol. The van der Waals surface area contributed by atoms with Crippen LogP contribution in [0.3, 0.4) is 0 Å². The maximum atomic E-state index is 12.7. The molecule has 1 saturated heterocycles. The molecule has 0 aliphatic carbocycles. The molecule has 27 heavy (non-hydrogen) atoms. The second kappa shape index (κ2) is 8.84. The Balaban J connectivity index is 2.04. The molecule has 1 amide bonds. The fourth-order valence-corrected chi connectivity index (χ4v) is 4.10. The first-order chi connectivity index (χ1) is 12.7. The first kappa shape index (κ1) is 21.4. The van der Waals surface area contributed by atoms with Gasteiger partial charge in [-0.1, -0.05) is 6.92 Å². The Kier molecular flexibility index (Phi) is 7.00. The van der Waals surface area contributed by atoms with Gasteiger partial charge in [-0.15, -0.1) is 0 Å². The first-order valence-electron chi connectivity index (χ1n) is 9.22. The Bertz CT molecular complexity index is 774. The summed E-state index contributed by atoms with van der Waals surface area (Å²) in [7, 11) is -0.680. The van der Waals surface area contributed by atoms with Crippen molar-refractivity contribution in [2.45, 2.75) is 56.6 Å². The average Bonchev–Trinajstić information content (AvgIpc) is 2.67. The van der Waals surface area contributed by atoms with Crippen LogP contribution in [-0.4, -0.2) is 62.3 Å². The number of likely N-dealkylation sites (tertiary alicyclic amines) is 1. The SMILES string of the molecule is CCC1CCCCN1C(=O)C(C)OC(=O)c1ccc(S(=O)(=O)N(C)C)cc1. The number of hydrogen-bond donors (Lipinski definition) is 0. The third-order valence-corrected chi connectivity index (χ3v) is 6.71. The Morgan fingerprint density at radius 1 is 1.22 bits per heavy atom. The molecule has 1 aromatic rings. The fourth-order valence-electron chi connectivity index (χ4n) is 3.20. The minimum absolute atomic E-state index is 0.0901. The van der Waals surface area contributed by atoms with E-state index in [2.05, 4.69) is 6.92 Å². The summed E-state index contributed by atoms with van der Waals surface area (Å²) in [6, 6.07) is 5.70. The normalized spacial score (nSPS) is 19.0. The van der Waals surface area contributed by atoms with Gasteiger partial charge in [0.05, 0.1) is 10.5 Å². The summed E-state index contributed by atoms with van der Waals surface area (Å²) >= 11 is 0. The molecule has 0 bridgehead atoms. The summed E-state index contributed by atoms with van der Waals surface area (Å²) in [5.74, 6) is -0.823. The van der Waals surface area contributed by atoms with Crippen molar-refractivity contribution in [1.82, 2.24) is 9.21 Å². The molecule has 0 N–H and O–H groups in total. The van der Waals surface area contributed by atoms with Crippen LogP contribution < -0.4 is 0 Å². The summed E-state index contributed by atoms with van der Waals surface area (Å²) in [5, 5.41) is 0. The van der Waals surface area contributed by atoms with Crippen LogP contribution in [0.2, 0.25) is 0 Å². The van der Waals surface area contributed by atoms with Gasteiger partial charge in [0, 0.05) is 26.7 Å². The van der Waals surface area contributed by atoms with Crippen molar-refractivity contribution in [3.63, 3.8) is 0 Å². The van der Waals surface area contributed by atoms with Crippen molar-refractivity contribution in [2.75, 3.05) is 20.6 Å². The molecule has 1 fully saturated rings.